The van der Waals surface area contributed by atoms with Crippen molar-refractivity contribution in [2.75, 3.05) is 6.61 Å². The first-order valence-corrected chi connectivity index (χ1v) is 10.1. The molecule has 3 aromatic rings. The summed E-state index contributed by atoms with van der Waals surface area (Å²) in [5.74, 6) is 1.27. The summed E-state index contributed by atoms with van der Waals surface area (Å²) in [5.41, 5.74) is 3.24. The number of benzene rings is 2. The summed E-state index contributed by atoms with van der Waals surface area (Å²) in [5, 5.41) is 23.2. The maximum absolute atomic E-state index is 10.00. The topological polar surface area (TPSA) is 72.5 Å². The van der Waals surface area contributed by atoms with Crippen LogP contribution in [-0.2, 0) is 5.75 Å². The summed E-state index contributed by atoms with van der Waals surface area (Å²) < 4.78 is 7.61. The lowest BCUT2D eigenvalue weighted by atomic mass is 10.2. The van der Waals surface area contributed by atoms with Gasteiger partial charge in [-0.25, -0.2) is 0 Å². The third kappa shape index (κ3) is 5.11. The van der Waals surface area contributed by atoms with Crippen molar-refractivity contribution >= 4 is 33.9 Å². The minimum atomic E-state index is 0.0765. The molecular formula is C19H19BrN4O2S. The van der Waals surface area contributed by atoms with E-state index in [1.807, 2.05) is 6.92 Å². The van der Waals surface area contributed by atoms with E-state index in [4.69, 9.17) is 4.74 Å². The van der Waals surface area contributed by atoms with Crippen molar-refractivity contribution in [1.29, 1.82) is 0 Å². The number of nitrogens with zero attached hydrogens (tertiary/aromatic N) is 4. The van der Waals surface area contributed by atoms with Crippen LogP contribution in [0.15, 0.2) is 57.5 Å². The Labute approximate surface area is 170 Å². The molecule has 0 bridgehead atoms. The summed E-state index contributed by atoms with van der Waals surface area (Å²) in [6.45, 7) is 4.40. The number of phenolic OH excluding ortho intramolecular Hbond substituents is 1. The molecule has 0 saturated heterocycles. The van der Waals surface area contributed by atoms with Crippen LogP contribution in [0.5, 0.6) is 11.5 Å². The van der Waals surface area contributed by atoms with Crippen LogP contribution in [0.4, 0.5) is 0 Å². The monoisotopic (exact) mass is 446 g/mol. The predicted molar refractivity (Wildman–Crippen MR) is 111 cm³/mol. The molecule has 0 aliphatic heterocycles. The molecule has 0 aliphatic carbocycles. The molecule has 140 valence electrons. The molecule has 0 amide bonds. The second-order valence-electron chi connectivity index (χ2n) is 5.76. The van der Waals surface area contributed by atoms with Gasteiger partial charge in [-0.2, -0.15) is 9.78 Å². The number of aryl methyl sites for hydroxylation is 1. The number of phenols is 1. The number of hydrogen-bond donors (Lipinski definition) is 1. The smallest absolute Gasteiger partial charge is 0.212 e. The Morgan fingerprint density at radius 3 is 2.81 bits per heavy atom. The van der Waals surface area contributed by atoms with Crippen LogP contribution in [0.25, 0.3) is 0 Å². The SMILES string of the molecule is CCOc1cc(/C=N/n2cnnc2SCc2ccc(C)cc2)cc(Br)c1O. The fourth-order valence-corrected chi connectivity index (χ4v) is 3.57. The molecule has 0 unspecified atom stereocenters. The number of thioether (sulfide) groups is 1. The molecule has 1 N–H and O–H groups in total. The molecule has 0 fully saturated rings. The standard InChI is InChI=1S/C19H19BrN4O2S/c1-3-26-17-9-15(8-16(20)18(17)25)10-22-24-12-21-23-19(24)27-11-14-6-4-13(2)5-7-14/h4-10,12,25H,3,11H2,1-2H3/b22-10+. The Morgan fingerprint density at radius 2 is 2.07 bits per heavy atom. The normalized spacial score (nSPS) is 11.2. The molecule has 0 spiro atoms. The van der Waals surface area contributed by atoms with Gasteiger partial charge in [0.25, 0.3) is 0 Å². The summed E-state index contributed by atoms with van der Waals surface area (Å²) in [6, 6.07) is 11.9. The van der Waals surface area contributed by atoms with E-state index in [0.717, 1.165) is 11.3 Å². The third-order valence-electron chi connectivity index (χ3n) is 3.67. The number of halogens is 1. The highest BCUT2D eigenvalue weighted by atomic mass is 79.9. The van der Waals surface area contributed by atoms with Gasteiger partial charge in [-0.05, 0) is 53.0 Å². The number of hydrogen-bond acceptors (Lipinski definition) is 6. The molecule has 6 nitrogen and oxygen atoms in total. The van der Waals surface area contributed by atoms with E-state index >= 15 is 0 Å². The Balaban J connectivity index is 1.73. The van der Waals surface area contributed by atoms with Gasteiger partial charge in [0, 0.05) is 5.75 Å². The zero-order chi connectivity index (χ0) is 19.2. The van der Waals surface area contributed by atoms with Crippen molar-refractivity contribution in [2.45, 2.75) is 24.8 Å². The molecule has 0 aliphatic rings. The zero-order valence-electron chi connectivity index (χ0n) is 15.0. The Bertz CT molecular complexity index is 941. The van der Waals surface area contributed by atoms with E-state index in [2.05, 4.69) is 62.4 Å². The van der Waals surface area contributed by atoms with Gasteiger partial charge in [-0.15, -0.1) is 10.2 Å². The lowest BCUT2D eigenvalue weighted by Gasteiger charge is -2.08. The van der Waals surface area contributed by atoms with Crippen LogP contribution >= 0.6 is 27.7 Å². The molecule has 8 heteroatoms. The summed E-state index contributed by atoms with van der Waals surface area (Å²) in [4.78, 5) is 0. The summed E-state index contributed by atoms with van der Waals surface area (Å²) >= 11 is 4.89. The second-order valence-corrected chi connectivity index (χ2v) is 7.56. The van der Waals surface area contributed by atoms with Gasteiger partial charge in [0.2, 0.25) is 5.16 Å². The third-order valence-corrected chi connectivity index (χ3v) is 5.28. The van der Waals surface area contributed by atoms with Crippen LogP contribution in [0.1, 0.15) is 23.6 Å². The van der Waals surface area contributed by atoms with Gasteiger partial charge in [-0.3, -0.25) is 0 Å². The first kappa shape index (κ1) is 19.4. The van der Waals surface area contributed by atoms with E-state index in [0.29, 0.717) is 22.0 Å². The fraction of sp³-hybridized carbons (Fsp3) is 0.211. The average Bonchev–Trinajstić information content (AvgIpc) is 3.11. The van der Waals surface area contributed by atoms with E-state index in [1.165, 1.54) is 11.1 Å². The van der Waals surface area contributed by atoms with E-state index < -0.39 is 0 Å². The molecule has 0 saturated carbocycles. The maximum atomic E-state index is 10.00. The number of aromatic hydroxyl groups is 1. The van der Waals surface area contributed by atoms with E-state index in [9.17, 15) is 5.11 Å². The van der Waals surface area contributed by atoms with Crippen LogP contribution < -0.4 is 4.74 Å². The predicted octanol–water partition coefficient (Wildman–Crippen LogP) is 4.63. The Morgan fingerprint density at radius 1 is 1.30 bits per heavy atom. The van der Waals surface area contributed by atoms with Gasteiger partial charge in [0.1, 0.15) is 6.33 Å². The molecular weight excluding hydrogens is 428 g/mol. The second kappa shape index (κ2) is 9.05. The quantitative estimate of drug-likeness (QED) is 0.423. The number of aromatic nitrogens is 3. The highest BCUT2D eigenvalue weighted by molar-refractivity contribution is 9.10. The van der Waals surface area contributed by atoms with Crippen LogP contribution in [0.3, 0.4) is 0 Å². The summed E-state index contributed by atoms with van der Waals surface area (Å²) in [7, 11) is 0. The molecule has 0 atom stereocenters. The largest absolute Gasteiger partial charge is 0.503 e. The fourth-order valence-electron chi connectivity index (χ4n) is 2.29. The lowest BCUT2D eigenvalue weighted by molar-refractivity contribution is 0.317. The van der Waals surface area contributed by atoms with Gasteiger partial charge in [-0.1, -0.05) is 41.6 Å². The van der Waals surface area contributed by atoms with Crippen LogP contribution in [0.2, 0.25) is 0 Å². The van der Waals surface area contributed by atoms with Gasteiger partial charge < -0.3 is 9.84 Å². The molecule has 1 aromatic heterocycles. The average molecular weight is 447 g/mol. The van der Waals surface area contributed by atoms with Crippen molar-refractivity contribution in [1.82, 2.24) is 14.9 Å². The lowest BCUT2D eigenvalue weighted by Crippen LogP contribution is -1.96. The highest BCUT2D eigenvalue weighted by Crippen LogP contribution is 2.35. The molecule has 27 heavy (non-hydrogen) atoms. The van der Waals surface area contributed by atoms with Crippen LogP contribution in [0, 0.1) is 6.92 Å². The van der Waals surface area contributed by atoms with Crippen molar-refractivity contribution in [3.63, 3.8) is 0 Å². The summed E-state index contributed by atoms with van der Waals surface area (Å²) in [6.07, 6.45) is 3.24. The van der Waals surface area contributed by atoms with Crippen molar-refractivity contribution in [2.24, 2.45) is 5.10 Å². The van der Waals surface area contributed by atoms with E-state index in [-0.39, 0.29) is 5.75 Å². The van der Waals surface area contributed by atoms with Crippen molar-refractivity contribution in [3.8, 4) is 11.5 Å². The van der Waals surface area contributed by atoms with Gasteiger partial charge in [0.05, 0.1) is 17.3 Å². The Hall–Kier alpha value is -2.32. The first-order chi connectivity index (χ1) is 13.1. The first-order valence-electron chi connectivity index (χ1n) is 8.35. The Kier molecular flexibility index (Phi) is 6.52. The molecule has 2 aromatic carbocycles. The minimum absolute atomic E-state index is 0.0765. The maximum Gasteiger partial charge on any atom is 0.212 e. The molecule has 0 radical (unpaired) electrons. The molecule has 3 rings (SSSR count). The van der Waals surface area contributed by atoms with Gasteiger partial charge >= 0.3 is 0 Å². The van der Waals surface area contributed by atoms with Crippen molar-refractivity contribution in [3.05, 3.63) is 63.9 Å². The number of ether oxygens (including phenoxy) is 1. The van der Waals surface area contributed by atoms with Gasteiger partial charge in [0.15, 0.2) is 11.5 Å². The minimum Gasteiger partial charge on any atom is -0.503 e. The van der Waals surface area contributed by atoms with Crippen molar-refractivity contribution < 1.29 is 9.84 Å². The van der Waals surface area contributed by atoms with E-state index in [1.54, 1.807) is 41.1 Å². The highest BCUT2D eigenvalue weighted by Gasteiger charge is 2.09. The zero-order valence-corrected chi connectivity index (χ0v) is 17.4. The number of rotatable bonds is 7. The van der Waals surface area contributed by atoms with Crippen LogP contribution in [-0.4, -0.2) is 32.8 Å². The molecule has 1 heterocycles.